The van der Waals surface area contributed by atoms with Gasteiger partial charge >= 0.3 is 0 Å². The van der Waals surface area contributed by atoms with Crippen LogP contribution < -0.4 is 10.5 Å². The van der Waals surface area contributed by atoms with Gasteiger partial charge in [0.05, 0.1) is 11.5 Å². The zero-order chi connectivity index (χ0) is 14.2. The number of aryl methyl sites for hydroxylation is 1. The van der Waals surface area contributed by atoms with E-state index in [0.29, 0.717) is 31.1 Å². The van der Waals surface area contributed by atoms with Crippen molar-refractivity contribution in [2.24, 2.45) is 11.7 Å². The minimum absolute atomic E-state index is 0. The lowest BCUT2D eigenvalue weighted by molar-refractivity contribution is 0.288. The minimum Gasteiger partial charge on any atom is -0.493 e. The molecule has 1 aromatic carbocycles. The lowest BCUT2D eigenvalue weighted by Crippen LogP contribution is -2.30. The molecule has 21 heavy (non-hydrogen) atoms. The summed E-state index contributed by atoms with van der Waals surface area (Å²) in [5.74, 6) is 1.10. The first-order valence-electron chi connectivity index (χ1n) is 7.07. The maximum absolute atomic E-state index is 12.6. The maximum atomic E-state index is 12.6. The third-order valence-corrected chi connectivity index (χ3v) is 5.96. The number of hydrogen-bond donors (Lipinski definition) is 1. The van der Waals surface area contributed by atoms with E-state index < -0.39 is 10.0 Å². The second kappa shape index (κ2) is 6.52. The van der Waals surface area contributed by atoms with Crippen molar-refractivity contribution < 1.29 is 13.2 Å². The highest BCUT2D eigenvalue weighted by Crippen LogP contribution is 2.30. The van der Waals surface area contributed by atoms with Gasteiger partial charge in [0, 0.05) is 13.1 Å². The minimum atomic E-state index is -3.39. The van der Waals surface area contributed by atoms with Crippen LogP contribution in [-0.4, -0.2) is 39.0 Å². The van der Waals surface area contributed by atoms with Crippen LogP contribution in [0.5, 0.6) is 5.75 Å². The molecule has 2 N–H and O–H groups in total. The Morgan fingerprint density at radius 1 is 1.38 bits per heavy atom. The normalized spacial score (nSPS) is 22.2. The highest BCUT2D eigenvalue weighted by atomic mass is 35.5. The Bertz CT molecular complexity index is 606. The van der Waals surface area contributed by atoms with Crippen molar-refractivity contribution in [1.82, 2.24) is 4.31 Å². The molecule has 0 radical (unpaired) electrons. The standard InChI is InChI=1S/C14H20N2O3S.ClH/c15-9-11-5-6-16(10-11)20(17,18)13-3-4-14-12(8-13)2-1-7-19-14;/h3-4,8,11H,1-2,5-7,9-10,15H2;1H. The number of fused-ring (bicyclic) bond motifs is 1. The van der Waals surface area contributed by atoms with Gasteiger partial charge < -0.3 is 10.5 Å². The zero-order valence-corrected chi connectivity index (χ0v) is 13.5. The van der Waals surface area contributed by atoms with Crippen molar-refractivity contribution in [3.8, 4) is 5.75 Å². The van der Waals surface area contributed by atoms with Crippen LogP contribution in [0.3, 0.4) is 0 Å². The van der Waals surface area contributed by atoms with Crippen LogP contribution in [0.4, 0.5) is 0 Å². The number of nitrogens with two attached hydrogens (primary N) is 1. The second-order valence-corrected chi connectivity index (χ2v) is 7.41. The first-order chi connectivity index (χ1) is 9.61. The smallest absolute Gasteiger partial charge is 0.243 e. The molecule has 1 saturated heterocycles. The number of halogens is 1. The molecule has 0 aromatic heterocycles. The fourth-order valence-electron chi connectivity index (χ4n) is 2.85. The lowest BCUT2D eigenvalue weighted by Gasteiger charge is -2.20. The van der Waals surface area contributed by atoms with E-state index in [-0.39, 0.29) is 18.3 Å². The topological polar surface area (TPSA) is 72.6 Å². The van der Waals surface area contributed by atoms with E-state index in [9.17, 15) is 8.42 Å². The Morgan fingerprint density at radius 2 is 2.19 bits per heavy atom. The molecule has 3 rings (SSSR count). The summed E-state index contributed by atoms with van der Waals surface area (Å²) in [4.78, 5) is 0.374. The summed E-state index contributed by atoms with van der Waals surface area (Å²) in [5, 5.41) is 0. The van der Waals surface area contributed by atoms with Crippen LogP contribution in [0.2, 0.25) is 0 Å². The van der Waals surface area contributed by atoms with Crippen molar-refractivity contribution in [2.75, 3.05) is 26.2 Å². The molecule has 5 nitrogen and oxygen atoms in total. The Balaban J connectivity index is 0.00000161. The number of ether oxygens (including phenoxy) is 1. The van der Waals surface area contributed by atoms with E-state index in [0.717, 1.165) is 30.6 Å². The van der Waals surface area contributed by atoms with Crippen LogP contribution in [0.15, 0.2) is 23.1 Å². The molecule has 0 bridgehead atoms. The molecule has 0 amide bonds. The largest absolute Gasteiger partial charge is 0.493 e. The molecule has 0 aliphatic carbocycles. The number of nitrogens with zero attached hydrogens (tertiary/aromatic N) is 1. The highest BCUT2D eigenvalue weighted by Gasteiger charge is 2.32. The molecular weight excluding hydrogens is 312 g/mol. The zero-order valence-electron chi connectivity index (χ0n) is 11.8. The van der Waals surface area contributed by atoms with Crippen molar-refractivity contribution in [3.63, 3.8) is 0 Å². The molecule has 1 unspecified atom stereocenters. The van der Waals surface area contributed by atoms with Gasteiger partial charge in [-0.05, 0) is 55.5 Å². The van der Waals surface area contributed by atoms with E-state index in [1.54, 1.807) is 22.5 Å². The van der Waals surface area contributed by atoms with Crippen LogP contribution in [0.25, 0.3) is 0 Å². The summed E-state index contributed by atoms with van der Waals surface area (Å²) in [5.41, 5.74) is 6.62. The van der Waals surface area contributed by atoms with E-state index >= 15 is 0 Å². The van der Waals surface area contributed by atoms with E-state index in [2.05, 4.69) is 0 Å². The average Bonchev–Trinajstić information content (AvgIpc) is 2.96. The summed E-state index contributed by atoms with van der Waals surface area (Å²) in [6, 6.07) is 5.19. The van der Waals surface area contributed by atoms with E-state index in [4.69, 9.17) is 10.5 Å². The number of benzene rings is 1. The van der Waals surface area contributed by atoms with Gasteiger partial charge in [0.1, 0.15) is 5.75 Å². The van der Waals surface area contributed by atoms with Gasteiger partial charge in [0.15, 0.2) is 0 Å². The third-order valence-electron chi connectivity index (χ3n) is 4.10. The Kier molecular flexibility index (Phi) is 5.14. The molecule has 1 atom stereocenters. The van der Waals surface area contributed by atoms with Crippen LogP contribution in [0, 0.1) is 5.92 Å². The predicted octanol–water partition coefficient (Wildman–Crippen LogP) is 1.40. The van der Waals surface area contributed by atoms with Gasteiger partial charge in [-0.3, -0.25) is 0 Å². The van der Waals surface area contributed by atoms with E-state index in [1.165, 1.54) is 0 Å². The van der Waals surface area contributed by atoms with Crippen molar-refractivity contribution >= 4 is 22.4 Å². The Morgan fingerprint density at radius 3 is 2.90 bits per heavy atom. The van der Waals surface area contributed by atoms with E-state index in [1.807, 2.05) is 0 Å². The summed E-state index contributed by atoms with van der Waals surface area (Å²) >= 11 is 0. The molecule has 2 heterocycles. The van der Waals surface area contributed by atoms with Crippen molar-refractivity contribution in [1.29, 1.82) is 0 Å². The summed E-state index contributed by atoms with van der Waals surface area (Å²) in [7, 11) is -3.39. The molecular formula is C14H21ClN2O3S. The monoisotopic (exact) mass is 332 g/mol. The van der Waals surface area contributed by atoms with Crippen LogP contribution in [0.1, 0.15) is 18.4 Å². The molecule has 2 aliphatic rings. The van der Waals surface area contributed by atoms with Crippen molar-refractivity contribution in [2.45, 2.75) is 24.2 Å². The van der Waals surface area contributed by atoms with Gasteiger partial charge in [-0.2, -0.15) is 4.31 Å². The Hall–Kier alpha value is -0.820. The van der Waals surface area contributed by atoms with Crippen molar-refractivity contribution in [3.05, 3.63) is 23.8 Å². The summed E-state index contributed by atoms with van der Waals surface area (Å²) in [6.45, 7) is 2.36. The first-order valence-corrected chi connectivity index (χ1v) is 8.51. The fraction of sp³-hybridized carbons (Fsp3) is 0.571. The molecule has 1 aromatic rings. The second-order valence-electron chi connectivity index (χ2n) is 5.47. The average molecular weight is 333 g/mol. The molecule has 7 heteroatoms. The SMILES string of the molecule is Cl.NCC1CCN(S(=O)(=O)c2ccc3c(c2)CCCO3)C1. The summed E-state index contributed by atoms with van der Waals surface area (Å²) < 4.78 is 32.3. The lowest BCUT2D eigenvalue weighted by atomic mass is 10.1. The van der Waals surface area contributed by atoms with Gasteiger partial charge in [-0.25, -0.2) is 8.42 Å². The first kappa shape index (κ1) is 16.5. The molecule has 2 aliphatic heterocycles. The third kappa shape index (κ3) is 3.18. The van der Waals surface area contributed by atoms with Crippen LogP contribution in [-0.2, 0) is 16.4 Å². The Labute approximate surface area is 131 Å². The maximum Gasteiger partial charge on any atom is 0.243 e. The van der Waals surface area contributed by atoms with Gasteiger partial charge in [-0.15, -0.1) is 12.4 Å². The molecule has 118 valence electrons. The molecule has 1 fully saturated rings. The number of sulfonamides is 1. The quantitative estimate of drug-likeness (QED) is 0.908. The predicted molar refractivity (Wildman–Crippen MR) is 83.4 cm³/mol. The molecule has 0 spiro atoms. The molecule has 0 saturated carbocycles. The van der Waals surface area contributed by atoms with Gasteiger partial charge in [0.2, 0.25) is 10.0 Å². The fourth-order valence-corrected chi connectivity index (χ4v) is 4.44. The summed E-state index contributed by atoms with van der Waals surface area (Å²) in [6.07, 6.45) is 2.67. The highest BCUT2D eigenvalue weighted by molar-refractivity contribution is 7.89. The number of rotatable bonds is 3. The van der Waals surface area contributed by atoms with Gasteiger partial charge in [-0.1, -0.05) is 0 Å². The number of hydrogen-bond acceptors (Lipinski definition) is 4. The van der Waals surface area contributed by atoms with Crippen LogP contribution >= 0.6 is 12.4 Å². The van der Waals surface area contributed by atoms with Gasteiger partial charge in [0.25, 0.3) is 0 Å².